The van der Waals surface area contributed by atoms with Crippen molar-refractivity contribution >= 4 is 39.9 Å². The van der Waals surface area contributed by atoms with Crippen LogP contribution in [0.2, 0.25) is 5.02 Å². The molecular formula is C15H23Cl2N3O3S. The van der Waals surface area contributed by atoms with Gasteiger partial charge in [-0.05, 0) is 56.9 Å². The first-order valence-electron chi connectivity index (χ1n) is 7.62. The first kappa shape index (κ1) is 21.2. The van der Waals surface area contributed by atoms with Gasteiger partial charge in [-0.2, -0.15) is 4.72 Å². The molecule has 0 aromatic heterocycles. The number of sulfonamides is 1. The molecule has 9 heteroatoms. The van der Waals surface area contributed by atoms with Crippen LogP contribution in [0.5, 0.6) is 0 Å². The largest absolute Gasteiger partial charge is 0.352 e. The van der Waals surface area contributed by atoms with Gasteiger partial charge in [-0.15, -0.1) is 12.4 Å². The van der Waals surface area contributed by atoms with Crippen LogP contribution >= 0.6 is 24.0 Å². The van der Waals surface area contributed by atoms with Gasteiger partial charge in [0.05, 0.1) is 10.9 Å². The highest BCUT2D eigenvalue weighted by Gasteiger charge is 2.25. The number of carbonyl (C=O) groups is 1. The lowest BCUT2D eigenvalue weighted by Crippen LogP contribution is -2.49. The molecule has 1 aliphatic rings. The van der Waals surface area contributed by atoms with E-state index in [1.165, 1.54) is 31.2 Å². The molecule has 1 saturated carbocycles. The van der Waals surface area contributed by atoms with Crippen LogP contribution in [0, 0.1) is 0 Å². The van der Waals surface area contributed by atoms with Crippen LogP contribution in [0.1, 0.15) is 32.6 Å². The number of halogens is 2. The van der Waals surface area contributed by atoms with Crippen molar-refractivity contribution in [2.75, 3.05) is 0 Å². The third kappa shape index (κ3) is 5.89. The number of carbonyl (C=O) groups excluding carboxylic acids is 1. The summed E-state index contributed by atoms with van der Waals surface area (Å²) in [5.74, 6) is -0.331. The molecule has 0 bridgehead atoms. The molecule has 0 aliphatic heterocycles. The second-order valence-electron chi connectivity index (χ2n) is 5.92. The second kappa shape index (κ2) is 9.01. The van der Waals surface area contributed by atoms with E-state index in [1.807, 2.05) is 0 Å². The van der Waals surface area contributed by atoms with Crippen LogP contribution in [0.15, 0.2) is 29.2 Å². The molecule has 2 rings (SSSR count). The van der Waals surface area contributed by atoms with E-state index in [0.717, 1.165) is 25.7 Å². The summed E-state index contributed by atoms with van der Waals surface area (Å²) in [7, 11) is -3.76. The Hall–Kier alpha value is -0.860. The van der Waals surface area contributed by atoms with Gasteiger partial charge in [0.15, 0.2) is 0 Å². The molecule has 4 N–H and O–H groups in total. The minimum atomic E-state index is -3.76. The molecule has 1 unspecified atom stereocenters. The molecule has 6 nitrogen and oxygen atoms in total. The van der Waals surface area contributed by atoms with Crippen molar-refractivity contribution in [2.45, 2.75) is 55.6 Å². The molecule has 1 fully saturated rings. The normalized spacial score (nSPS) is 22.3. The van der Waals surface area contributed by atoms with Gasteiger partial charge >= 0.3 is 0 Å². The lowest BCUT2D eigenvalue weighted by molar-refractivity contribution is -0.123. The van der Waals surface area contributed by atoms with Crippen molar-refractivity contribution in [3.05, 3.63) is 29.3 Å². The van der Waals surface area contributed by atoms with Crippen LogP contribution in [-0.4, -0.2) is 32.5 Å². The summed E-state index contributed by atoms with van der Waals surface area (Å²) >= 11 is 5.75. The first-order valence-corrected chi connectivity index (χ1v) is 9.48. The standard InChI is InChI=1S/C15H22ClN3O3S.ClH/c1-10(15(20)18-13-6-4-12(17)5-7-13)19-23(21,22)14-8-2-11(16)3-9-14;/h2-3,8-10,12-13,19H,4-7,17H2,1H3,(H,18,20);1H. The summed E-state index contributed by atoms with van der Waals surface area (Å²) in [6.45, 7) is 1.53. The minimum absolute atomic E-state index is 0. The quantitative estimate of drug-likeness (QED) is 0.707. The maximum absolute atomic E-state index is 12.2. The zero-order valence-corrected chi connectivity index (χ0v) is 15.8. The second-order valence-corrected chi connectivity index (χ2v) is 8.07. The zero-order valence-electron chi connectivity index (χ0n) is 13.4. The summed E-state index contributed by atoms with van der Waals surface area (Å²) in [6, 6.07) is 5.19. The van der Waals surface area contributed by atoms with Gasteiger partial charge < -0.3 is 11.1 Å². The Morgan fingerprint density at radius 2 is 1.75 bits per heavy atom. The van der Waals surface area contributed by atoms with E-state index in [1.54, 1.807) is 0 Å². The Morgan fingerprint density at radius 3 is 2.29 bits per heavy atom. The lowest BCUT2D eigenvalue weighted by Gasteiger charge is -2.28. The van der Waals surface area contributed by atoms with E-state index < -0.39 is 16.1 Å². The van der Waals surface area contributed by atoms with Crippen LogP contribution in [0.3, 0.4) is 0 Å². The predicted octanol–water partition coefficient (Wildman–Crippen LogP) is 1.81. The van der Waals surface area contributed by atoms with Gasteiger partial charge in [0, 0.05) is 17.1 Å². The Labute approximate surface area is 154 Å². The molecule has 0 spiro atoms. The van der Waals surface area contributed by atoms with Crippen LogP contribution in [0.25, 0.3) is 0 Å². The van der Waals surface area contributed by atoms with E-state index >= 15 is 0 Å². The molecule has 136 valence electrons. The van der Waals surface area contributed by atoms with E-state index in [9.17, 15) is 13.2 Å². The first-order chi connectivity index (χ1) is 10.8. The van der Waals surface area contributed by atoms with Gasteiger partial charge in [0.2, 0.25) is 15.9 Å². The molecular weight excluding hydrogens is 373 g/mol. The van der Waals surface area contributed by atoms with Crippen molar-refractivity contribution in [3.63, 3.8) is 0 Å². The number of rotatable bonds is 5. The van der Waals surface area contributed by atoms with E-state index in [2.05, 4.69) is 10.0 Å². The van der Waals surface area contributed by atoms with Crippen molar-refractivity contribution in [1.82, 2.24) is 10.0 Å². The Morgan fingerprint density at radius 1 is 1.21 bits per heavy atom. The Bertz CT molecular complexity index is 644. The molecule has 1 aliphatic carbocycles. The maximum atomic E-state index is 12.2. The molecule has 24 heavy (non-hydrogen) atoms. The fourth-order valence-corrected chi connectivity index (χ4v) is 3.89. The summed E-state index contributed by atoms with van der Waals surface area (Å²) < 4.78 is 26.9. The molecule has 0 saturated heterocycles. The number of benzene rings is 1. The zero-order chi connectivity index (χ0) is 17.0. The number of amides is 1. The van der Waals surface area contributed by atoms with Gasteiger partial charge in [-0.3, -0.25) is 4.79 Å². The average Bonchev–Trinajstić information content (AvgIpc) is 2.49. The Balaban J connectivity index is 0.00000288. The van der Waals surface area contributed by atoms with E-state index in [4.69, 9.17) is 17.3 Å². The van der Waals surface area contributed by atoms with Crippen LogP contribution < -0.4 is 15.8 Å². The number of hydrogen-bond donors (Lipinski definition) is 3. The van der Waals surface area contributed by atoms with Crippen LogP contribution in [0.4, 0.5) is 0 Å². The lowest BCUT2D eigenvalue weighted by atomic mass is 9.92. The minimum Gasteiger partial charge on any atom is -0.352 e. The summed E-state index contributed by atoms with van der Waals surface area (Å²) in [4.78, 5) is 12.2. The van der Waals surface area contributed by atoms with Crippen molar-refractivity contribution in [1.29, 1.82) is 0 Å². The predicted molar refractivity (Wildman–Crippen MR) is 96.9 cm³/mol. The van der Waals surface area contributed by atoms with Gasteiger partial charge in [-0.25, -0.2) is 8.42 Å². The highest BCUT2D eigenvalue weighted by molar-refractivity contribution is 7.89. The smallest absolute Gasteiger partial charge is 0.241 e. The summed E-state index contributed by atoms with van der Waals surface area (Å²) in [5.41, 5.74) is 5.83. The van der Waals surface area contributed by atoms with Gasteiger partial charge in [0.25, 0.3) is 0 Å². The van der Waals surface area contributed by atoms with Gasteiger partial charge in [0.1, 0.15) is 0 Å². The highest BCUT2D eigenvalue weighted by Crippen LogP contribution is 2.17. The average molecular weight is 396 g/mol. The topological polar surface area (TPSA) is 101 Å². The molecule has 1 amide bonds. The molecule has 1 aromatic rings. The summed E-state index contributed by atoms with van der Waals surface area (Å²) in [6.07, 6.45) is 3.39. The van der Waals surface area contributed by atoms with Crippen molar-refractivity contribution in [3.8, 4) is 0 Å². The number of nitrogens with one attached hydrogen (secondary N) is 2. The monoisotopic (exact) mass is 395 g/mol. The molecule has 1 aromatic carbocycles. The SMILES string of the molecule is CC(NS(=O)(=O)c1ccc(Cl)cc1)C(=O)NC1CCC(N)CC1.Cl. The maximum Gasteiger partial charge on any atom is 0.241 e. The number of hydrogen-bond acceptors (Lipinski definition) is 4. The van der Waals surface area contributed by atoms with Crippen LogP contribution in [-0.2, 0) is 14.8 Å². The molecule has 1 atom stereocenters. The van der Waals surface area contributed by atoms with Crippen molar-refractivity contribution in [2.24, 2.45) is 5.73 Å². The fraction of sp³-hybridized carbons (Fsp3) is 0.533. The van der Waals surface area contributed by atoms with Crippen molar-refractivity contribution < 1.29 is 13.2 Å². The Kier molecular flexibility index (Phi) is 7.95. The molecule has 0 radical (unpaired) electrons. The highest BCUT2D eigenvalue weighted by atomic mass is 35.5. The van der Waals surface area contributed by atoms with E-state index in [0.29, 0.717) is 5.02 Å². The molecule has 0 heterocycles. The van der Waals surface area contributed by atoms with Gasteiger partial charge in [-0.1, -0.05) is 11.6 Å². The number of nitrogens with two attached hydrogens (primary N) is 1. The van der Waals surface area contributed by atoms with E-state index in [-0.39, 0.29) is 35.3 Å². The summed E-state index contributed by atoms with van der Waals surface area (Å²) in [5, 5.41) is 3.33. The third-order valence-electron chi connectivity index (χ3n) is 3.97. The third-order valence-corrected chi connectivity index (χ3v) is 5.78. The fourth-order valence-electron chi connectivity index (χ4n) is 2.56.